The molecule has 4 rings (SSSR count). The molecule has 0 spiro atoms. The quantitative estimate of drug-likeness (QED) is 0.399. The van der Waals surface area contributed by atoms with Gasteiger partial charge in [0.15, 0.2) is 5.65 Å². The standard InChI is InChI=1S/C16H14N6O2S/c1-22-14-12(7-19-22)16(18-9-17-14)25-8-13-20-21-15(24-13)10-3-5-11(23-2)6-4-10/h3-7,9H,8H2,1-2H3. The molecule has 0 atom stereocenters. The van der Waals surface area contributed by atoms with Crippen LogP contribution in [-0.2, 0) is 12.8 Å². The van der Waals surface area contributed by atoms with Crippen LogP contribution in [0, 0.1) is 0 Å². The number of thioether (sulfide) groups is 1. The van der Waals surface area contributed by atoms with Crippen molar-refractivity contribution >= 4 is 22.8 Å². The molecule has 9 heteroatoms. The lowest BCUT2D eigenvalue weighted by molar-refractivity contribution is 0.415. The summed E-state index contributed by atoms with van der Waals surface area (Å²) in [6.45, 7) is 0. The topological polar surface area (TPSA) is 91.8 Å². The Kier molecular flexibility index (Phi) is 4.06. The average molecular weight is 354 g/mol. The molecular formula is C16H14N6O2S. The van der Waals surface area contributed by atoms with Crippen molar-refractivity contribution < 1.29 is 9.15 Å². The van der Waals surface area contributed by atoms with Crippen molar-refractivity contribution in [1.29, 1.82) is 0 Å². The van der Waals surface area contributed by atoms with Gasteiger partial charge in [0.1, 0.15) is 17.1 Å². The molecule has 126 valence electrons. The third-order valence-corrected chi connectivity index (χ3v) is 4.62. The van der Waals surface area contributed by atoms with Crippen LogP contribution < -0.4 is 4.74 Å². The lowest BCUT2D eigenvalue weighted by Crippen LogP contribution is -1.93. The van der Waals surface area contributed by atoms with Crippen LogP contribution in [0.5, 0.6) is 5.75 Å². The molecule has 0 unspecified atom stereocenters. The van der Waals surface area contributed by atoms with E-state index >= 15 is 0 Å². The van der Waals surface area contributed by atoms with E-state index in [0.717, 1.165) is 27.4 Å². The Morgan fingerprint density at radius 3 is 2.80 bits per heavy atom. The monoisotopic (exact) mass is 354 g/mol. The molecule has 0 aliphatic carbocycles. The van der Waals surface area contributed by atoms with Crippen LogP contribution in [0.15, 0.2) is 46.2 Å². The Balaban J connectivity index is 1.51. The van der Waals surface area contributed by atoms with Crippen LogP contribution in [0.1, 0.15) is 5.89 Å². The predicted octanol–water partition coefficient (Wildman–Crippen LogP) is 2.71. The Labute approximate surface area is 147 Å². The lowest BCUT2D eigenvalue weighted by Gasteiger charge is -2.00. The van der Waals surface area contributed by atoms with Crippen LogP contribution in [0.3, 0.4) is 0 Å². The third-order valence-electron chi connectivity index (χ3n) is 3.63. The van der Waals surface area contributed by atoms with Crippen molar-refractivity contribution in [1.82, 2.24) is 29.9 Å². The molecule has 0 bridgehead atoms. The molecular weight excluding hydrogens is 340 g/mol. The van der Waals surface area contributed by atoms with E-state index in [1.54, 1.807) is 18.0 Å². The number of rotatable bonds is 5. The van der Waals surface area contributed by atoms with Crippen molar-refractivity contribution in [2.45, 2.75) is 10.8 Å². The molecule has 0 fully saturated rings. The van der Waals surface area contributed by atoms with E-state index < -0.39 is 0 Å². The number of benzene rings is 1. The van der Waals surface area contributed by atoms with Crippen LogP contribution in [0.2, 0.25) is 0 Å². The molecule has 4 aromatic rings. The number of fused-ring (bicyclic) bond motifs is 1. The lowest BCUT2D eigenvalue weighted by atomic mass is 10.2. The maximum absolute atomic E-state index is 5.73. The predicted molar refractivity (Wildman–Crippen MR) is 92.2 cm³/mol. The van der Waals surface area contributed by atoms with Crippen molar-refractivity contribution in [2.75, 3.05) is 7.11 Å². The Morgan fingerprint density at radius 1 is 1.16 bits per heavy atom. The van der Waals surface area contributed by atoms with Gasteiger partial charge in [0, 0.05) is 12.6 Å². The van der Waals surface area contributed by atoms with Crippen molar-refractivity contribution in [3.63, 3.8) is 0 Å². The van der Waals surface area contributed by atoms with Crippen molar-refractivity contribution in [3.05, 3.63) is 42.7 Å². The number of aryl methyl sites for hydroxylation is 1. The minimum Gasteiger partial charge on any atom is -0.497 e. The average Bonchev–Trinajstić information content (AvgIpc) is 3.28. The molecule has 1 aromatic carbocycles. The highest BCUT2D eigenvalue weighted by Crippen LogP contribution is 2.28. The van der Waals surface area contributed by atoms with E-state index in [4.69, 9.17) is 9.15 Å². The van der Waals surface area contributed by atoms with E-state index in [-0.39, 0.29) is 0 Å². The van der Waals surface area contributed by atoms with E-state index in [9.17, 15) is 0 Å². The Morgan fingerprint density at radius 2 is 2.00 bits per heavy atom. The number of nitrogens with zero attached hydrogens (tertiary/aromatic N) is 6. The smallest absolute Gasteiger partial charge is 0.247 e. The largest absolute Gasteiger partial charge is 0.497 e. The van der Waals surface area contributed by atoms with Gasteiger partial charge in [-0.1, -0.05) is 11.8 Å². The van der Waals surface area contributed by atoms with E-state index in [0.29, 0.717) is 17.5 Å². The summed E-state index contributed by atoms with van der Waals surface area (Å²) in [4.78, 5) is 8.54. The summed E-state index contributed by atoms with van der Waals surface area (Å²) in [6, 6.07) is 7.47. The molecule has 0 aliphatic rings. The number of methoxy groups -OCH3 is 1. The van der Waals surface area contributed by atoms with Gasteiger partial charge in [-0.15, -0.1) is 10.2 Å². The van der Waals surface area contributed by atoms with Crippen molar-refractivity contribution in [2.24, 2.45) is 7.05 Å². The van der Waals surface area contributed by atoms with Crippen LogP contribution in [0.4, 0.5) is 0 Å². The SMILES string of the molecule is COc1ccc(-c2nnc(CSc3ncnc4c3cnn4C)o2)cc1. The molecule has 3 aromatic heterocycles. The molecule has 0 N–H and O–H groups in total. The maximum Gasteiger partial charge on any atom is 0.247 e. The molecule has 25 heavy (non-hydrogen) atoms. The fourth-order valence-corrected chi connectivity index (χ4v) is 3.15. The van der Waals surface area contributed by atoms with Gasteiger partial charge in [0.05, 0.1) is 24.4 Å². The summed E-state index contributed by atoms with van der Waals surface area (Å²) < 4.78 is 12.6. The summed E-state index contributed by atoms with van der Waals surface area (Å²) in [5, 5.41) is 14.2. The maximum atomic E-state index is 5.73. The van der Waals surface area contributed by atoms with Gasteiger partial charge in [-0.05, 0) is 24.3 Å². The van der Waals surface area contributed by atoms with Gasteiger partial charge in [0.25, 0.3) is 0 Å². The van der Waals surface area contributed by atoms with Crippen LogP contribution in [0.25, 0.3) is 22.5 Å². The highest BCUT2D eigenvalue weighted by molar-refractivity contribution is 7.98. The van der Waals surface area contributed by atoms with E-state index in [1.165, 1.54) is 18.1 Å². The summed E-state index contributed by atoms with van der Waals surface area (Å²) in [5.41, 5.74) is 1.64. The number of hydrogen-bond donors (Lipinski definition) is 0. The molecule has 3 heterocycles. The summed E-state index contributed by atoms with van der Waals surface area (Å²) in [5.74, 6) is 2.31. The highest BCUT2D eigenvalue weighted by atomic mass is 32.2. The first-order valence-electron chi connectivity index (χ1n) is 7.47. The summed E-state index contributed by atoms with van der Waals surface area (Å²) in [7, 11) is 3.48. The number of ether oxygens (including phenoxy) is 1. The zero-order valence-electron chi connectivity index (χ0n) is 13.6. The summed E-state index contributed by atoms with van der Waals surface area (Å²) in [6.07, 6.45) is 3.29. The van der Waals surface area contributed by atoms with E-state index in [2.05, 4.69) is 25.3 Å². The molecule has 0 aliphatic heterocycles. The van der Waals surface area contributed by atoms with Crippen LogP contribution in [-0.4, -0.2) is 37.1 Å². The van der Waals surface area contributed by atoms with Gasteiger partial charge < -0.3 is 9.15 Å². The Bertz CT molecular complexity index is 1010. The van der Waals surface area contributed by atoms with Crippen LogP contribution >= 0.6 is 11.8 Å². The number of aromatic nitrogens is 6. The Hall–Kier alpha value is -2.94. The first-order valence-corrected chi connectivity index (χ1v) is 8.45. The molecule has 0 amide bonds. The highest BCUT2D eigenvalue weighted by Gasteiger charge is 2.12. The second-order valence-electron chi connectivity index (χ2n) is 5.20. The normalized spacial score (nSPS) is 11.1. The minimum absolute atomic E-state index is 0.479. The fourth-order valence-electron chi connectivity index (χ4n) is 2.35. The van der Waals surface area contributed by atoms with Gasteiger partial charge in [0.2, 0.25) is 11.8 Å². The zero-order valence-corrected chi connectivity index (χ0v) is 14.4. The molecule has 0 radical (unpaired) electrons. The van der Waals surface area contributed by atoms with Gasteiger partial charge in [-0.3, -0.25) is 4.68 Å². The second kappa shape index (κ2) is 6.52. The van der Waals surface area contributed by atoms with Gasteiger partial charge in [-0.2, -0.15) is 5.10 Å². The molecule has 0 saturated carbocycles. The zero-order chi connectivity index (χ0) is 17.2. The molecule has 0 saturated heterocycles. The second-order valence-corrected chi connectivity index (χ2v) is 6.17. The first-order chi connectivity index (χ1) is 12.2. The van der Waals surface area contributed by atoms with E-state index in [1.807, 2.05) is 31.3 Å². The molecule has 8 nitrogen and oxygen atoms in total. The van der Waals surface area contributed by atoms with Gasteiger partial charge >= 0.3 is 0 Å². The summed E-state index contributed by atoms with van der Waals surface area (Å²) >= 11 is 1.51. The van der Waals surface area contributed by atoms with Gasteiger partial charge in [-0.25, -0.2) is 9.97 Å². The van der Waals surface area contributed by atoms with Crippen molar-refractivity contribution in [3.8, 4) is 17.2 Å². The fraction of sp³-hybridized carbons (Fsp3) is 0.188. The minimum atomic E-state index is 0.479. The number of hydrogen-bond acceptors (Lipinski definition) is 8. The first kappa shape index (κ1) is 15.6. The third kappa shape index (κ3) is 3.05.